The molecule has 0 atom stereocenters. The highest BCUT2D eigenvalue weighted by atomic mass is 14.9. The maximum atomic E-state index is 5.35. The fourth-order valence-electron chi connectivity index (χ4n) is 9.13. The van der Waals surface area contributed by atoms with E-state index < -0.39 is 0 Å². The van der Waals surface area contributed by atoms with E-state index in [0.29, 0.717) is 5.82 Å². The molecule has 0 fully saturated rings. The SMILES string of the molecule is C/C=C(\C=C/CC)c1ccc(-c2cc(-c3cc(-c4ccc5ccc6cccnc6c5n4)cc(-c4ccc5c6c7c(ccc46)C=CCC7=CC5)c3)nc(-c3ccccc3)n2)cc1. The van der Waals surface area contributed by atoms with Gasteiger partial charge in [0.05, 0.1) is 28.1 Å². The van der Waals surface area contributed by atoms with Crippen LogP contribution in [0.2, 0.25) is 0 Å². The third-order valence-electron chi connectivity index (χ3n) is 12.2. The molecular formula is C57H42N4. The summed E-state index contributed by atoms with van der Waals surface area (Å²) in [5.41, 5.74) is 18.6. The molecule has 3 heterocycles. The Hall–Kier alpha value is -7.56. The molecule has 0 saturated carbocycles. The molecule has 0 saturated heterocycles. The number of fused-ring (bicyclic) bond motifs is 3. The van der Waals surface area contributed by atoms with Gasteiger partial charge in [-0.05, 0) is 118 Å². The highest BCUT2D eigenvalue weighted by molar-refractivity contribution is 6.09. The minimum Gasteiger partial charge on any atom is -0.254 e. The molecule has 6 aromatic carbocycles. The van der Waals surface area contributed by atoms with Gasteiger partial charge in [0.1, 0.15) is 0 Å². The molecule has 4 nitrogen and oxygen atoms in total. The van der Waals surface area contributed by atoms with Gasteiger partial charge in [0.15, 0.2) is 5.82 Å². The summed E-state index contributed by atoms with van der Waals surface area (Å²) in [7, 11) is 0. The summed E-state index contributed by atoms with van der Waals surface area (Å²) >= 11 is 0. The van der Waals surface area contributed by atoms with Crippen molar-refractivity contribution in [1.29, 1.82) is 0 Å². The van der Waals surface area contributed by atoms with Crippen LogP contribution in [0.15, 0.2) is 176 Å². The van der Waals surface area contributed by atoms with Crippen molar-refractivity contribution in [3.63, 3.8) is 0 Å². The van der Waals surface area contributed by atoms with E-state index in [2.05, 4.69) is 166 Å². The van der Waals surface area contributed by atoms with Crippen LogP contribution in [0, 0.1) is 0 Å². The van der Waals surface area contributed by atoms with Crippen LogP contribution in [-0.4, -0.2) is 19.9 Å². The molecule has 2 aliphatic carbocycles. The number of hydrogen-bond acceptors (Lipinski definition) is 4. The average Bonchev–Trinajstić information content (AvgIpc) is 3.33. The normalized spacial score (nSPS) is 13.4. The van der Waals surface area contributed by atoms with Gasteiger partial charge in [-0.2, -0.15) is 0 Å². The first kappa shape index (κ1) is 36.5. The van der Waals surface area contributed by atoms with Crippen molar-refractivity contribution >= 4 is 49.8 Å². The summed E-state index contributed by atoms with van der Waals surface area (Å²) in [6.45, 7) is 4.25. The topological polar surface area (TPSA) is 51.6 Å². The van der Waals surface area contributed by atoms with Crippen molar-refractivity contribution in [3.05, 3.63) is 198 Å². The Morgan fingerprint density at radius 3 is 2.21 bits per heavy atom. The monoisotopic (exact) mass is 782 g/mol. The molecule has 4 heteroatoms. The smallest absolute Gasteiger partial charge is 0.160 e. The van der Waals surface area contributed by atoms with Gasteiger partial charge in [-0.3, -0.25) is 4.98 Å². The summed E-state index contributed by atoms with van der Waals surface area (Å²) < 4.78 is 0. The second-order valence-corrected chi connectivity index (χ2v) is 15.9. The van der Waals surface area contributed by atoms with Crippen LogP contribution < -0.4 is 0 Å². The zero-order valence-corrected chi connectivity index (χ0v) is 34.2. The Bertz CT molecular complexity index is 3330. The zero-order valence-electron chi connectivity index (χ0n) is 34.2. The lowest BCUT2D eigenvalue weighted by Gasteiger charge is -2.24. The van der Waals surface area contributed by atoms with Crippen molar-refractivity contribution in [1.82, 2.24) is 19.9 Å². The Kier molecular flexibility index (Phi) is 9.12. The number of benzene rings is 6. The second-order valence-electron chi connectivity index (χ2n) is 15.9. The molecule has 0 amide bonds. The van der Waals surface area contributed by atoms with Crippen LogP contribution in [-0.2, 0) is 6.42 Å². The third kappa shape index (κ3) is 6.58. The summed E-state index contributed by atoms with van der Waals surface area (Å²) in [6.07, 6.45) is 18.3. The van der Waals surface area contributed by atoms with E-state index in [1.807, 2.05) is 30.5 Å². The van der Waals surface area contributed by atoms with Crippen LogP contribution in [0.3, 0.4) is 0 Å². The van der Waals surface area contributed by atoms with E-state index in [1.165, 1.54) is 49.7 Å². The fraction of sp³-hybridized carbons (Fsp3) is 0.0877. The third-order valence-corrected chi connectivity index (χ3v) is 12.2. The Balaban J connectivity index is 1.14. The molecule has 0 spiro atoms. The van der Waals surface area contributed by atoms with Crippen molar-refractivity contribution in [2.24, 2.45) is 0 Å². The average molecular weight is 783 g/mol. The van der Waals surface area contributed by atoms with Gasteiger partial charge in [0, 0.05) is 39.2 Å². The van der Waals surface area contributed by atoms with E-state index in [1.54, 1.807) is 0 Å². The molecule has 3 aromatic heterocycles. The number of rotatable bonds is 8. The molecule has 0 aliphatic heterocycles. The van der Waals surface area contributed by atoms with E-state index in [-0.39, 0.29) is 0 Å². The molecule has 0 unspecified atom stereocenters. The van der Waals surface area contributed by atoms with Gasteiger partial charge >= 0.3 is 0 Å². The van der Waals surface area contributed by atoms with E-state index in [4.69, 9.17) is 19.9 Å². The number of pyridine rings is 2. The summed E-state index contributed by atoms with van der Waals surface area (Å²) in [4.78, 5) is 20.7. The van der Waals surface area contributed by atoms with Crippen molar-refractivity contribution in [3.8, 4) is 56.3 Å². The molecule has 9 aromatic rings. The van der Waals surface area contributed by atoms with Crippen molar-refractivity contribution in [2.75, 3.05) is 0 Å². The van der Waals surface area contributed by atoms with Gasteiger partial charge in [-0.15, -0.1) is 0 Å². The maximum absolute atomic E-state index is 5.35. The Labute approximate surface area is 356 Å². The summed E-state index contributed by atoms with van der Waals surface area (Å²) in [5.74, 6) is 0.682. The lowest BCUT2D eigenvalue weighted by atomic mass is 9.79. The largest absolute Gasteiger partial charge is 0.254 e. The van der Waals surface area contributed by atoms with E-state index >= 15 is 0 Å². The predicted molar refractivity (Wildman–Crippen MR) is 256 cm³/mol. The molecule has 11 rings (SSSR count). The lowest BCUT2D eigenvalue weighted by molar-refractivity contribution is 1.18. The highest BCUT2D eigenvalue weighted by Gasteiger charge is 2.22. The molecule has 0 radical (unpaired) electrons. The van der Waals surface area contributed by atoms with Crippen LogP contribution in [0.25, 0.3) is 106 Å². The first-order chi connectivity index (χ1) is 30.1. The van der Waals surface area contributed by atoms with Crippen LogP contribution >= 0.6 is 0 Å². The van der Waals surface area contributed by atoms with E-state index in [0.717, 1.165) is 86.0 Å². The van der Waals surface area contributed by atoms with Crippen molar-refractivity contribution in [2.45, 2.75) is 33.1 Å². The zero-order chi connectivity index (χ0) is 40.9. The number of nitrogens with zero attached hydrogens (tertiary/aromatic N) is 4. The van der Waals surface area contributed by atoms with Crippen LogP contribution in [0.4, 0.5) is 0 Å². The van der Waals surface area contributed by atoms with Crippen LogP contribution in [0.1, 0.15) is 48.9 Å². The van der Waals surface area contributed by atoms with Gasteiger partial charge in [-0.25, -0.2) is 15.0 Å². The molecule has 2 aliphatic rings. The number of hydrogen-bond donors (Lipinski definition) is 0. The number of aromatic nitrogens is 4. The lowest BCUT2D eigenvalue weighted by Crippen LogP contribution is -2.03. The predicted octanol–water partition coefficient (Wildman–Crippen LogP) is 14.8. The van der Waals surface area contributed by atoms with Crippen LogP contribution in [0.5, 0.6) is 0 Å². The van der Waals surface area contributed by atoms with Gasteiger partial charge in [0.2, 0.25) is 0 Å². The summed E-state index contributed by atoms with van der Waals surface area (Å²) in [5, 5.41) is 4.77. The Morgan fingerprint density at radius 2 is 1.39 bits per heavy atom. The molecule has 0 bridgehead atoms. The molecular weight excluding hydrogens is 741 g/mol. The van der Waals surface area contributed by atoms with Gasteiger partial charge in [-0.1, -0.05) is 147 Å². The summed E-state index contributed by atoms with van der Waals surface area (Å²) in [6, 6.07) is 49.9. The quantitative estimate of drug-likeness (QED) is 0.114. The standard InChI is InChI=1S/C57H42N4/c1-3-5-11-36(4-2)37-17-19-38(20-18-37)51-35-52(61-57(60-51)44-12-7-6-8-13-44)47-33-45(48-28-25-41-22-21-39-14-9-15-40-26-29-49(48)54(41)53(39)40)32-46(34-47)50-30-27-43-24-23-42-16-10-31-58-55(42)56(43)59-50/h4-13,15-21,23-35H,3,14,22H2,1-2H3/b11-5-,36-4+. The maximum Gasteiger partial charge on any atom is 0.160 e. The minimum atomic E-state index is 0.682. The molecule has 61 heavy (non-hydrogen) atoms. The van der Waals surface area contributed by atoms with E-state index in [9.17, 15) is 0 Å². The molecule has 0 N–H and O–H groups in total. The van der Waals surface area contributed by atoms with Gasteiger partial charge < -0.3 is 0 Å². The molecule has 290 valence electrons. The van der Waals surface area contributed by atoms with Crippen molar-refractivity contribution < 1.29 is 0 Å². The first-order valence-corrected chi connectivity index (χ1v) is 21.3. The minimum absolute atomic E-state index is 0.682. The number of allylic oxidation sites excluding steroid dienone is 7. The Morgan fingerprint density at radius 1 is 0.623 bits per heavy atom. The highest BCUT2D eigenvalue weighted by Crippen LogP contribution is 2.44. The van der Waals surface area contributed by atoms with Gasteiger partial charge in [0.25, 0.3) is 0 Å². The first-order valence-electron chi connectivity index (χ1n) is 21.3. The fourth-order valence-corrected chi connectivity index (χ4v) is 9.13. The second kappa shape index (κ2) is 15.2.